The van der Waals surface area contributed by atoms with Gasteiger partial charge in [-0.1, -0.05) is 20.8 Å². The second-order valence-electron chi connectivity index (χ2n) is 7.28. The summed E-state index contributed by atoms with van der Waals surface area (Å²) >= 11 is 0. The highest BCUT2D eigenvalue weighted by Gasteiger charge is 2.27. The lowest BCUT2D eigenvalue weighted by molar-refractivity contribution is 0.0199. The number of rotatable bonds is 4. The Morgan fingerprint density at radius 3 is 2.38 bits per heavy atom. The standard InChI is InChI=1S/C18H30N4O3.HI/c1-18(2,3)15(24-5)13-20-17(19-4)22-10-8-21(9-11-22)16(23)14-7-6-12-25-14;/h6-7,12,15H,8-11,13H2,1-5H3,(H,19,20);1H. The quantitative estimate of drug-likeness (QED) is 0.409. The molecule has 0 aliphatic carbocycles. The molecule has 1 N–H and O–H groups in total. The Morgan fingerprint density at radius 2 is 1.92 bits per heavy atom. The van der Waals surface area contributed by atoms with E-state index in [0.717, 1.165) is 19.0 Å². The second-order valence-corrected chi connectivity index (χ2v) is 7.28. The molecule has 2 rings (SSSR count). The molecular weight excluding hydrogens is 447 g/mol. The molecule has 1 aromatic rings. The van der Waals surface area contributed by atoms with Gasteiger partial charge in [-0.25, -0.2) is 0 Å². The molecule has 1 aliphatic heterocycles. The van der Waals surface area contributed by atoms with E-state index in [9.17, 15) is 4.79 Å². The Balaban J connectivity index is 0.00000338. The van der Waals surface area contributed by atoms with Gasteiger partial charge in [0.15, 0.2) is 11.7 Å². The van der Waals surface area contributed by atoms with Crippen molar-refractivity contribution in [3.8, 4) is 0 Å². The van der Waals surface area contributed by atoms with E-state index in [2.05, 4.69) is 36.0 Å². The summed E-state index contributed by atoms with van der Waals surface area (Å²) in [6.45, 7) is 9.93. The molecule has 1 aromatic heterocycles. The van der Waals surface area contributed by atoms with Gasteiger partial charge < -0.3 is 24.3 Å². The summed E-state index contributed by atoms with van der Waals surface area (Å²) in [4.78, 5) is 20.7. The Kier molecular flexibility index (Phi) is 8.88. The van der Waals surface area contributed by atoms with Crippen LogP contribution in [0.15, 0.2) is 27.8 Å². The van der Waals surface area contributed by atoms with Crippen LogP contribution in [0.1, 0.15) is 31.3 Å². The van der Waals surface area contributed by atoms with Crippen molar-refractivity contribution in [2.24, 2.45) is 10.4 Å². The lowest BCUT2D eigenvalue weighted by Crippen LogP contribution is -2.55. The number of nitrogens with zero attached hydrogens (tertiary/aromatic N) is 3. The summed E-state index contributed by atoms with van der Waals surface area (Å²) in [6.07, 6.45) is 1.61. The molecule has 0 radical (unpaired) electrons. The number of nitrogens with one attached hydrogen (secondary N) is 1. The monoisotopic (exact) mass is 478 g/mol. The second kappa shape index (κ2) is 10.1. The summed E-state index contributed by atoms with van der Waals surface area (Å²) in [5.41, 5.74) is 0.0504. The maximum absolute atomic E-state index is 12.3. The number of amides is 1. The number of methoxy groups -OCH3 is 1. The van der Waals surface area contributed by atoms with Gasteiger partial charge in [-0.2, -0.15) is 0 Å². The first kappa shape index (κ1) is 22.8. The number of aliphatic imine (C=N–C) groups is 1. The fourth-order valence-corrected chi connectivity index (χ4v) is 2.94. The van der Waals surface area contributed by atoms with Gasteiger partial charge in [-0.3, -0.25) is 9.79 Å². The van der Waals surface area contributed by atoms with E-state index in [-0.39, 0.29) is 41.4 Å². The van der Waals surface area contributed by atoms with E-state index in [1.165, 1.54) is 6.26 Å². The zero-order valence-corrected chi connectivity index (χ0v) is 18.6. The van der Waals surface area contributed by atoms with Crippen LogP contribution in [0.3, 0.4) is 0 Å². The number of hydrogen-bond acceptors (Lipinski definition) is 4. The Morgan fingerprint density at radius 1 is 1.31 bits per heavy atom. The van der Waals surface area contributed by atoms with Crippen molar-refractivity contribution >= 4 is 35.8 Å². The number of carbonyl (C=O) groups excluding carboxylic acids is 1. The average Bonchev–Trinajstić information content (AvgIpc) is 3.12. The molecule has 1 fully saturated rings. The maximum Gasteiger partial charge on any atom is 0.289 e. The van der Waals surface area contributed by atoms with E-state index >= 15 is 0 Å². The summed E-state index contributed by atoms with van der Waals surface area (Å²) in [6, 6.07) is 3.43. The SMILES string of the molecule is CN=C(NCC(OC)C(C)(C)C)N1CCN(C(=O)c2ccco2)CC1.I. The van der Waals surface area contributed by atoms with E-state index in [0.29, 0.717) is 25.4 Å². The van der Waals surface area contributed by atoms with Crippen LogP contribution in [-0.2, 0) is 4.74 Å². The molecule has 8 heteroatoms. The average molecular weight is 478 g/mol. The normalized spacial score (nSPS) is 16.9. The van der Waals surface area contributed by atoms with Gasteiger partial charge in [0.05, 0.1) is 12.4 Å². The van der Waals surface area contributed by atoms with Crippen molar-refractivity contribution in [2.75, 3.05) is 46.9 Å². The molecule has 7 nitrogen and oxygen atoms in total. The minimum atomic E-state index is -0.0558. The van der Waals surface area contributed by atoms with E-state index in [1.807, 2.05) is 4.90 Å². The van der Waals surface area contributed by atoms with Gasteiger partial charge in [-0.05, 0) is 17.5 Å². The van der Waals surface area contributed by atoms with Crippen molar-refractivity contribution in [1.82, 2.24) is 15.1 Å². The van der Waals surface area contributed by atoms with E-state index < -0.39 is 0 Å². The van der Waals surface area contributed by atoms with Crippen molar-refractivity contribution in [1.29, 1.82) is 0 Å². The Labute approximate surface area is 173 Å². The first-order valence-electron chi connectivity index (χ1n) is 8.68. The zero-order valence-electron chi connectivity index (χ0n) is 16.3. The molecular formula is C18H31IN4O3. The van der Waals surface area contributed by atoms with Crippen LogP contribution in [0, 0.1) is 5.41 Å². The number of halogens is 1. The molecule has 0 spiro atoms. The van der Waals surface area contributed by atoms with Crippen molar-refractivity contribution < 1.29 is 13.9 Å². The maximum atomic E-state index is 12.3. The third-order valence-electron chi connectivity index (χ3n) is 4.51. The fraction of sp³-hybridized carbons (Fsp3) is 0.667. The largest absolute Gasteiger partial charge is 0.459 e. The van der Waals surface area contributed by atoms with Crippen LogP contribution >= 0.6 is 24.0 Å². The third kappa shape index (κ3) is 5.87. The first-order chi connectivity index (χ1) is 11.9. The third-order valence-corrected chi connectivity index (χ3v) is 4.51. The molecule has 1 saturated heterocycles. The van der Waals surface area contributed by atoms with Crippen LogP contribution in [0.2, 0.25) is 0 Å². The zero-order chi connectivity index (χ0) is 18.4. The summed E-state index contributed by atoms with van der Waals surface area (Å²) in [7, 11) is 3.51. The Bertz CT molecular complexity index is 576. The molecule has 1 aliphatic rings. The minimum Gasteiger partial charge on any atom is -0.459 e. The fourth-order valence-electron chi connectivity index (χ4n) is 2.94. The van der Waals surface area contributed by atoms with E-state index in [4.69, 9.17) is 9.15 Å². The highest BCUT2D eigenvalue weighted by Crippen LogP contribution is 2.21. The number of furan rings is 1. The number of carbonyl (C=O) groups is 1. The number of ether oxygens (including phenoxy) is 1. The Hall–Kier alpha value is -1.29. The molecule has 0 bridgehead atoms. The van der Waals surface area contributed by atoms with Gasteiger partial charge in [0.2, 0.25) is 0 Å². The predicted octanol–water partition coefficient (Wildman–Crippen LogP) is 2.29. The van der Waals surface area contributed by atoms with Crippen LogP contribution in [0.4, 0.5) is 0 Å². The van der Waals surface area contributed by atoms with Gasteiger partial charge in [0, 0.05) is 46.9 Å². The van der Waals surface area contributed by atoms with Crippen LogP contribution in [-0.4, -0.2) is 74.7 Å². The summed E-state index contributed by atoms with van der Waals surface area (Å²) in [5.74, 6) is 1.18. The number of guanidine groups is 1. The molecule has 148 valence electrons. The van der Waals surface area contributed by atoms with Gasteiger partial charge in [0.1, 0.15) is 0 Å². The smallest absolute Gasteiger partial charge is 0.289 e. The van der Waals surface area contributed by atoms with Crippen molar-refractivity contribution in [2.45, 2.75) is 26.9 Å². The summed E-state index contributed by atoms with van der Waals surface area (Å²) in [5, 5.41) is 3.40. The van der Waals surface area contributed by atoms with Crippen LogP contribution < -0.4 is 5.32 Å². The van der Waals surface area contributed by atoms with Crippen molar-refractivity contribution in [3.63, 3.8) is 0 Å². The lowest BCUT2D eigenvalue weighted by atomic mass is 9.89. The van der Waals surface area contributed by atoms with E-state index in [1.54, 1.807) is 26.3 Å². The highest BCUT2D eigenvalue weighted by molar-refractivity contribution is 14.0. The van der Waals surface area contributed by atoms with Crippen molar-refractivity contribution in [3.05, 3.63) is 24.2 Å². The molecule has 1 amide bonds. The molecule has 1 atom stereocenters. The topological polar surface area (TPSA) is 70.3 Å². The molecule has 0 saturated carbocycles. The molecule has 2 heterocycles. The van der Waals surface area contributed by atoms with Crippen LogP contribution in [0.5, 0.6) is 0 Å². The minimum absolute atomic E-state index is 0. The van der Waals surface area contributed by atoms with Gasteiger partial charge in [0.25, 0.3) is 5.91 Å². The first-order valence-corrected chi connectivity index (χ1v) is 8.68. The van der Waals surface area contributed by atoms with Crippen LogP contribution in [0.25, 0.3) is 0 Å². The predicted molar refractivity (Wildman–Crippen MR) is 113 cm³/mol. The number of hydrogen-bond donors (Lipinski definition) is 1. The molecule has 1 unspecified atom stereocenters. The van der Waals surface area contributed by atoms with Gasteiger partial charge >= 0.3 is 0 Å². The highest BCUT2D eigenvalue weighted by atomic mass is 127. The lowest BCUT2D eigenvalue weighted by Gasteiger charge is -2.37. The summed E-state index contributed by atoms with van der Waals surface area (Å²) < 4.78 is 10.8. The molecule has 0 aromatic carbocycles. The number of piperazine rings is 1. The van der Waals surface area contributed by atoms with Gasteiger partial charge in [-0.15, -0.1) is 24.0 Å². The molecule has 26 heavy (non-hydrogen) atoms.